The smallest absolute Gasteiger partial charge is 0.219 e. The average Bonchev–Trinajstić information content (AvgIpc) is 3.32. The first-order chi connectivity index (χ1) is 17.2. The second-order valence-corrected chi connectivity index (χ2v) is 8.88. The Kier molecular flexibility index (Phi) is 6.98. The summed E-state index contributed by atoms with van der Waals surface area (Å²) in [5.74, 6) is 2.42. The molecule has 0 aliphatic carbocycles. The first-order valence-corrected chi connectivity index (χ1v) is 11.9. The molecule has 180 valence electrons. The van der Waals surface area contributed by atoms with Gasteiger partial charge < -0.3 is 20.1 Å². The van der Waals surface area contributed by atoms with E-state index in [9.17, 15) is 0 Å². The lowest BCUT2D eigenvalue weighted by atomic mass is 10.3. The Morgan fingerprint density at radius 2 is 1.91 bits per heavy atom. The van der Waals surface area contributed by atoms with Gasteiger partial charge in [-0.25, -0.2) is 19.9 Å². The van der Waals surface area contributed by atoms with Gasteiger partial charge in [-0.2, -0.15) is 0 Å². The highest BCUT2D eigenvalue weighted by molar-refractivity contribution is 7.19. The highest BCUT2D eigenvalue weighted by Gasteiger charge is 2.20. The summed E-state index contributed by atoms with van der Waals surface area (Å²) in [5, 5.41) is 0. The fraction of sp³-hybridized carbons (Fsp3) is 0.250. The number of nitrogen functional groups attached to an aromatic ring is 1. The van der Waals surface area contributed by atoms with Gasteiger partial charge in [-0.1, -0.05) is 6.08 Å². The Bertz CT molecular complexity index is 1290. The molecule has 0 amide bonds. The van der Waals surface area contributed by atoms with E-state index < -0.39 is 0 Å². The summed E-state index contributed by atoms with van der Waals surface area (Å²) in [6.07, 6.45) is 4.96. The molecular formula is C24H25N7O3S. The number of morpholine rings is 1. The van der Waals surface area contributed by atoms with Gasteiger partial charge in [-0.3, -0.25) is 10.3 Å². The molecule has 0 atom stereocenters. The molecule has 1 saturated heterocycles. The number of ether oxygens (including phenoxy) is 2. The topological polar surface area (TPSA) is 121 Å². The van der Waals surface area contributed by atoms with Crippen LogP contribution in [0.1, 0.15) is 4.88 Å². The minimum absolute atomic E-state index is 0.214. The van der Waals surface area contributed by atoms with Gasteiger partial charge in [-0.05, 0) is 30.3 Å². The van der Waals surface area contributed by atoms with Gasteiger partial charge >= 0.3 is 0 Å². The van der Waals surface area contributed by atoms with Crippen molar-refractivity contribution < 1.29 is 14.3 Å². The quantitative estimate of drug-likeness (QED) is 0.204. The molecule has 4 aromatic rings. The van der Waals surface area contributed by atoms with Crippen LogP contribution in [0.3, 0.4) is 0 Å². The van der Waals surface area contributed by atoms with Crippen molar-refractivity contribution in [1.82, 2.24) is 19.9 Å². The Hall–Kier alpha value is -3.80. The molecule has 1 aliphatic heterocycles. The maximum atomic E-state index is 6.03. The van der Waals surface area contributed by atoms with Crippen LogP contribution in [0.4, 0.5) is 17.5 Å². The lowest BCUT2D eigenvalue weighted by Gasteiger charge is -2.28. The number of anilines is 3. The lowest BCUT2D eigenvalue weighted by molar-refractivity contribution is 0.122. The van der Waals surface area contributed by atoms with Crippen LogP contribution in [-0.2, 0) is 16.2 Å². The maximum Gasteiger partial charge on any atom is 0.219 e. The molecule has 0 unspecified atom stereocenters. The van der Waals surface area contributed by atoms with Gasteiger partial charge in [0.1, 0.15) is 12.4 Å². The molecule has 0 saturated carbocycles. The van der Waals surface area contributed by atoms with E-state index in [1.807, 2.05) is 30.3 Å². The van der Waals surface area contributed by atoms with E-state index >= 15 is 0 Å². The number of aromatic nitrogens is 4. The van der Waals surface area contributed by atoms with Crippen LogP contribution in [0.25, 0.3) is 21.6 Å². The molecule has 1 aromatic carbocycles. The normalized spacial score (nSPS) is 13.7. The van der Waals surface area contributed by atoms with Crippen molar-refractivity contribution in [3.63, 3.8) is 0 Å². The zero-order valence-electron chi connectivity index (χ0n) is 19.0. The standard InChI is InChI=1S/C24H25N7O3S/c1-2-9-34-30-17-3-5-18(6-4-17)33-15-19-12-20-21(35-19)23(31-7-10-32-11-8-31)29-22(28-20)16-13-26-24(25)27-14-16/h2-6,12-14,30H,1,7-11,15H2,(H2,25,26,27). The molecule has 1 aliphatic rings. The Balaban J connectivity index is 1.38. The molecule has 0 bridgehead atoms. The van der Waals surface area contributed by atoms with Gasteiger partial charge in [0.15, 0.2) is 11.6 Å². The molecular weight excluding hydrogens is 466 g/mol. The van der Waals surface area contributed by atoms with Crippen LogP contribution in [0.2, 0.25) is 0 Å². The summed E-state index contributed by atoms with van der Waals surface area (Å²) in [6, 6.07) is 9.63. The number of hydrogen-bond acceptors (Lipinski definition) is 11. The monoisotopic (exact) mass is 491 g/mol. The van der Waals surface area contributed by atoms with Gasteiger partial charge in [0.2, 0.25) is 5.95 Å². The zero-order valence-corrected chi connectivity index (χ0v) is 19.8. The summed E-state index contributed by atoms with van der Waals surface area (Å²) in [4.78, 5) is 26.4. The molecule has 3 aromatic heterocycles. The second-order valence-electron chi connectivity index (χ2n) is 7.74. The van der Waals surface area contributed by atoms with Gasteiger partial charge in [0.05, 0.1) is 41.3 Å². The summed E-state index contributed by atoms with van der Waals surface area (Å²) < 4.78 is 12.6. The van der Waals surface area contributed by atoms with Gasteiger partial charge in [0.25, 0.3) is 0 Å². The van der Waals surface area contributed by atoms with Crippen LogP contribution >= 0.6 is 11.3 Å². The number of benzene rings is 1. The summed E-state index contributed by atoms with van der Waals surface area (Å²) >= 11 is 1.63. The zero-order chi connectivity index (χ0) is 24.0. The van der Waals surface area contributed by atoms with Crippen molar-refractivity contribution >= 4 is 39.0 Å². The molecule has 35 heavy (non-hydrogen) atoms. The predicted octanol–water partition coefficient (Wildman–Crippen LogP) is 3.68. The van der Waals surface area contributed by atoms with Crippen molar-refractivity contribution in [3.8, 4) is 17.1 Å². The van der Waals surface area contributed by atoms with Crippen LogP contribution in [0, 0.1) is 0 Å². The van der Waals surface area contributed by atoms with E-state index in [0.717, 1.165) is 45.4 Å². The minimum atomic E-state index is 0.214. The fourth-order valence-electron chi connectivity index (χ4n) is 3.57. The third-order valence-corrected chi connectivity index (χ3v) is 6.37. The highest BCUT2D eigenvalue weighted by Crippen LogP contribution is 2.35. The molecule has 5 rings (SSSR count). The van der Waals surface area contributed by atoms with Crippen LogP contribution in [0.5, 0.6) is 5.75 Å². The summed E-state index contributed by atoms with van der Waals surface area (Å²) in [6.45, 7) is 7.33. The van der Waals surface area contributed by atoms with Crippen LogP contribution < -0.4 is 20.9 Å². The number of hydrogen-bond donors (Lipinski definition) is 2. The van der Waals surface area contributed by atoms with Crippen molar-refractivity contribution in [2.75, 3.05) is 49.0 Å². The van der Waals surface area contributed by atoms with Gasteiger partial charge in [0, 0.05) is 30.4 Å². The van der Waals surface area contributed by atoms with Crippen molar-refractivity contribution in [3.05, 3.63) is 60.3 Å². The number of fused-ring (bicyclic) bond motifs is 1. The minimum Gasteiger partial charge on any atom is -0.488 e. The van der Waals surface area contributed by atoms with Gasteiger partial charge in [-0.15, -0.1) is 17.9 Å². The van der Waals surface area contributed by atoms with E-state index in [1.165, 1.54) is 0 Å². The first kappa shape index (κ1) is 23.0. The van der Waals surface area contributed by atoms with Crippen molar-refractivity contribution in [2.24, 2.45) is 0 Å². The predicted molar refractivity (Wildman–Crippen MR) is 136 cm³/mol. The molecule has 10 nitrogen and oxygen atoms in total. The number of nitrogens with zero attached hydrogens (tertiary/aromatic N) is 5. The number of rotatable bonds is 9. The SMILES string of the molecule is C=CCONc1ccc(OCc2cc3nc(-c4cnc(N)nc4)nc(N4CCOCC4)c3s2)cc1. The van der Waals surface area contributed by atoms with Crippen molar-refractivity contribution in [2.45, 2.75) is 6.61 Å². The van der Waals surface area contributed by atoms with E-state index in [0.29, 0.717) is 37.8 Å². The molecule has 0 radical (unpaired) electrons. The Labute approximate surface area is 206 Å². The van der Waals surface area contributed by atoms with E-state index in [2.05, 4.69) is 26.9 Å². The number of nitrogens with two attached hydrogens (primary N) is 1. The first-order valence-electron chi connectivity index (χ1n) is 11.1. The average molecular weight is 492 g/mol. The Morgan fingerprint density at radius 1 is 1.14 bits per heavy atom. The van der Waals surface area contributed by atoms with E-state index in [1.54, 1.807) is 29.8 Å². The Morgan fingerprint density at radius 3 is 2.66 bits per heavy atom. The van der Waals surface area contributed by atoms with Crippen molar-refractivity contribution in [1.29, 1.82) is 0 Å². The van der Waals surface area contributed by atoms with E-state index in [-0.39, 0.29) is 5.95 Å². The summed E-state index contributed by atoms with van der Waals surface area (Å²) in [5.41, 5.74) is 10.9. The third kappa shape index (κ3) is 5.48. The molecule has 11 heteroatoms. The largest absolute Gasteiger partial charge is 0.488 e. The third-order valence-electron chi connectivity index (χ3n) is 5.27. The fourth-order valence-corrected chi connectivity index (χ4v) is 4.59. The highest BCUT2D eigenvalue weighted by atomic mass is 32.1. The van der Waals surface area contributed by atoms with Crippen LogP contribution in [0.15, 0.2) is 55.4 Å². The van der Waals surface area contributed by atoms with E-state index in [4.69, 9.17) is 30.0 Å². The number of thiophene rings is 1. The molecule has 1 fully saturated rings. The number of nitrogens with one attached hydrogen (secondary N) is 1. The second kappa shape index (κ2) is 10.6. The summed E-state index contributed by atoms with van der Waals surface area (Å²) in [7, 11) is 0. The van der Waals surface area contributed by atoms with Crippen LogP contribution in [-0.4, -0.2) is 52.8 Å². The lowest BCUT2D eigenvalue weighted by Crippen LogP contribution is -2.36. The molecule has 4 heterocycles. The molecule has 0 spiro atoms. The molecule has 3 N–H and O–H groups in total. The maximum absolute atomic E-state index is 6.03.